The molecule has 0 atom stereocenters. The Bertz CT molecular complexity index is 644. The second-order valence-corrected chi connectivity index (χ2v) is 7.61. The zero-order valence-electron chi connectivity index (χ0n) is 9.81. The van der Waals surface area contributed by atoms with Crippen molar-refractivity contribution in [3.8, 4) is 0 Å². The molecule has 0 N–H and O–H groups in total. The lowest BCUT2D eigenvalue weighted by Crippen LogP contribution is -2.03. The van der Waals surface area contributed by atoms with E-state index in [0.29, 0.717) is 11.1 Å². The summed E-state index contributed by atoms with van der Waals surface area (Å²) in [5.74, 6) is -0.0189. The molecule has 2 aromatic carbocycles. The number of carbonyl (C=O) groups excluding carboxylic acids is 1. The third-order valence-electron chi connectivity index (χ3n) is 2.62. The molecule has 0 unspecified atom stereocenters. The van der Waals surface area contributed by atoms with Crippen LogP contribution in [-0.4, -0.2) is 5.78 Å². The van der Waals surface area contributed by atoms with Gasteiger partial charge in [-0.05, 0) is 42.8 Å². The topological polar surface area (TPSA) is 17.1 Å². The number of benzene rings is 2. The van der Waals surface area contributed by atoms with E-state index in [1.807, 2.05) is 37.3 Å². The van der Waals surface area contributed by atoms with Crippen molar-refractivity contribution < 1.29 is 4.79 Å². The lowest BCUT2D eigenvalue weighted by molar-refractivity contribution is 0.103. The van der Waals surface area contributed by atoms with E-state index >= 15 is 0 Å². The number of hydrogen-bond acceptors (Lipinski definition) is 1. The van der Waals surface area contributed by atoms with E-state index in [9.17, 15) is 4.79 Å². The Morgan fingerprint density at radius 3 is 2.00 bits per heavy atom. The quantitative estimate of drug-likeness (QED) is 0.434. The fraction of sp³-hybridized carbons (Fsp3) is 0.0714. The van der Waals surface area contributed by atoms with Gasteiger partial charge in [-0.3, -0.25) is 4.79 Å². The Balaban J connectivity index is 2.53. The molecule has 0 amide bonds. The molecule has 5 heteroatoms. The summed E-state index contributed by atoms with van der Waals surface area (Å²) in [6.45, 7) is 1.98. The van der Waals surface area contributed by atoms with Crippen LogP contribution >= 0.6 is 63.7 Å². The van der Waals surface area contributed by atoms with Crippen molar-refractivity contribution in [3.63, 3.8) is 0 Å². The van der Waals surface area contributed by atoms with E-state index < -0.39 is 0 Å². The largest absolute Gasteiger partial charge is 0.289 e. The van der Waals surface area contributed by atoms with Crippen molar-refractivity contribution >= 4 is 69.5 Å². The van der Waals surface area contributed by atoms with Crippen LogP contribution in [0, 0.1) is 6.92 Å². The number of carbonyl (C=O) groups is 1. The molecule has 0 spiro atoms. The van der Waals surface area contributed by atoms with Crippen molar-refractivity contribution in [2.45, 2.75) is 6.92 Å². The van der Waals surface area contributed by atoms with Crippen LogP contribution in [0.25, 0.3) is 0 Å². The van der Waals surface area contributed by atoms with Crippen LogP contribution in [0.1, 0.15) is 21.5 Å². The Morgan fingerprint density at radius 2 is 1.42 bits per heavy atom. The van der Waals surface area contributed by atoms with Gasteiger partial charge in [-0.25, -0.2) is 0 Å². The minimum absolute atomic E-state index is 0.0189. The normalized spacial score (nSPS) is 10.6. The van der Waals surface area contributed by atoms with Crippen LogP contribution in [0.4, 0.5) is 0 Å². The summed E-state index contributed by atoms with van der Waals surface area (Å²) in [5.41, 5.74) is 2.36. The Kier molecular flexibility index (Phi) is 5.04. The molecule has 0 heterocycles. The predicted octanol–water partition coefficient (Wildman–Crippen LogP) is 6.28. The zero-order chi connectivity index (χ0) is 14.2. The highest BCUT2D eigenvalue weighted by Gasteiger charge is 2.15. The van der Waals surface area contributed by atoms with Gasteiger partial charge in [-0.1, -0.05) is 63.7 Å². The Morgan fingerprint density at radius 1 is 0.842 bits per heavy atom. The molecule has 19 heavy (non-hydrogen) atoms. The Labute approximate surface area is 145 Å². The zero-order valence-corrected chi connectivity index (χ0v) is 16.2. The van der Waals surface area contributed by atoms with Crippen molar-refractivity contribution in [3.05, 3.63) is 64.9 Å². The summed E-state index contributed by atoms with van der Waals surface area (Å²) in [6.07, 6.45) is 0. The summed E-state index contributed by atoms with van der Waals surface area (Å²) in [5, 5.41) is 0. The molecule has 98 valence electrons. The van der Waals surface area contributed by atoms with Crippen LogP contribution < -0.4 is 0 Å². The van der Waals surface area contributed by atoms with E-state index in [-0.39, 0.29) is 5.78 Å². The summed E-state index contributed by atoms with van der Waals surface area (Å²) >= 11 is 13.7. The van der Waals surface area contributed by atoms with Crippen molar-refractivity contribution in [1.29, 1.82) is 0 Å². The van der Waals surface area contributed by atoms with Gasteiger partial charge >= 0.3 is 0 Å². The molecular weight excluding hydrogens is 504 g/mol. The number of aryl methyl sites for hydroxylation is 1. The van der Waals surface area contributed by atoms with Gasteiger partial charge in [0.15, 0.2) is 5.78 Å². The first-order chi connectivity index (χ1) is 8.88. The highest BCUT2D eigenvalue weighted by molar-refractivity contribution is 9.11. The third-order valence-corrected chi connectivity index (χ3v) is 5.04. The second-order valence-electron chi connectivity index (χ2n) is 4.07. The van der Waals surface area contributed by atoms with Gasteiger partial charge in [-0.2, -0.15) is 0 Å². The molecular formula is C14H8Br4O. The summed E-state index contributed by atoms with van der Waals surface area (Å²) in [7, 11) is 0. The number of halogens is 4. The maximum Gasteiger partial charge on any atom is 0.194 e. The number of rotatable bonds is 2. The predicted molar refractivity (Wildman–Crippen MR) is 91.9 cm³/mol. The fourth-order valence-corrected chi connectivity index (χ4v) is 3.94. The molecule has 0 radical (unpaired) electrons. The summed E-state index contributed by atoms with van der Waals surface area (Å²) in [6, 6.07) is 9.30. The van der Waals surface area contributed by atoms with Gasteiger partial charge in [0.25, 0.3) is 0 Å². The minimum Gasteiger partial charge on any atom is -0.289 e. The molecule has 2 rings (SSSR count). The molecule has 1 nitrogen and oxygen atoms in total. The first-order valence-corrected chi connectivity index (χ1v) is 8.52. The Hall–Kier alpha value is 0.0300. The maximum atomic E-state index is 12.5. The van der Waals surface area contributed by atoms with Crippen LogP contribution in [0.3, 0.4) is 0 Å². The molecule has 0 aliphatic rings. The molecule has 2 aromatic rings. The van der Waals surface area contributed by atoms with E-state index in [2.05, 4.69) is 63.7 Å². The highest BCUT2D eigenvalue weighted by Crippen LogP contribution is 2.29. The van der Waals surface area contributed by atoms with Gasteiger partial charge in [0.2, 0.25) is 0 Å². The molecule has 0 fully saturated rings. The van der Waals surface area contributed by atoms with Gasteiger partial charge in [0, 0.05) is 29.0 Å². The maximum absolute atomic E-state index is 12.5. The van der Waals surface area contributed by atoms with Crippen molar-refractivity contribution in [1.82, 2.24) is 0 Å². The summed E-state index contributed by atoms with van der Waals surface area (Å²) < 4.78 is 3.46. The van der Waals surface area contributed by atoms with Gasteiger partial charge in [0.05, 0.1) is 0 Å². The first kappa shape index (κ1) is 15.4. The lowest BCUT2D eigenvalue weighted by Gasteiger charge is -2.08. The lowest BCUT2D eigenvalue weighted by atomic mass is 10.0. The van der Waals surface area contributed by atoms with Crippen molar-refractivity contribution in [2.24, 2.45) is 0 Å². The van der Waals surface area contributed by atoms with Crippen LogP contribution in [0.15, 0.2) is 48.2 Å². The fourth-order valence-electron chi connectivity index (χ4n) is 1.66. The molecule has 0 saturated heterocycles. The average molecular weight is 512 g/mol. The van der Waals surface area contributed by atoms with Gasteiger partial charge in [0.1, 0.15) is 0 Å². The molecule has 0 aliphatic heterocycles. The van der Waals surface area contributed by atoms with Crippen molar-refractivity contribution in [2.75, 3.05) is 0 Å². The van der Waals surface area contributed by atoms with E-state index in [4.69, 9.17) is 0 Å². The number of ketones is 1. The number of hydrogen-bond donors (Lipinski definition) is 0. The smallest absolute Gasteiger partial charge is 0.194 e. The molecule has 0 bridgehead atoms. The molecule has 0 saturated carbocycles. The molecule has 0 aliphatic carbocycles. The standard InChI is InChI=1S/C14H8Br4O/c1-7-2-13(18)11(6-12(7)17)14(19)8-3-9(15)5-10(16)4-8/h2-6H,1H3. The first-order valence-electron chi connectivity index (χ1n) is 5.35. The second kappa shape index (κ2) is 6.20. The average Bonchev–Trinajstić information content (AvgIpc) is 2.31. The monoisotopic (exact) mass is 508 g/mol. The van der Waals surface area contributed by atoms with Crippen LogP contribution in [-0.2, 0) is 0 Å². The van der Waals surface area contributed by atoms with Crippen LogP contribution in [0.5, 0.6) is 0 Å². The van der Waals surface area contributed by atoms with Crippen LogP contribution in [0.2, 0.25) is 0 Å². The van der Waals surface area contributed by atoms with E-state index in [1.165, 1.54) is 0 Å². The third kappa shape index (κ3) is 3.57. The molecule has 0 aromatic heterocycles. The SMILES string of the molecule is Cc1cc(Br)c(C(=O)c2cc(Br)cc(Br)c2)cc1Br. The summed E-state index contributed by atoms with van der Waals surface area (Å²) in [4.78, 5) is 12.5. The van der Waals surface area contributed by atoms with E-state index in [1.54, 1.807) is 0 Å². The van der Waals surface area contributed by atoms with E-state index in [0.717, 1.165) is 23.5 Å². The van der Waals surface area contributed by atoms with Gasteiger partial charge < -0.3 is 0 Å². The van der Waals surface area contributed by atoms with Gasteiger partial charge in [-0.15, -0.1) is 0 Å². The highest BCUT2D eigenvalue weighted by atomic mass is 79.9. The minimum atomic E-state index is -0.0189.